The van der Waals surface area contributed by atoms with Crippen molar-refractivity contribution in [3.8, 4) is 6.07 Å². The van der Waals surface area contributed by atoms with Gasteiger partial charge in [0.05, 0.1) is 17.2 Å². The number of carbonyl (C=O) groups excluding carboxylic acids is 2. The first kappa shape index (κ1) is 22.4. The van der Waals surface area contributed by atoms with Gasteiger partial charge in [0.2, 0.25) is 11.8 Å². The molecule has 0 N–H and O–H groups in total. The van der Waals surface area contributed by atoms with Crippen molar-refractivity contribution in [2.75, 3.05) is 37.6 Å². The van der Waals surface area contributed by atoms with Crippen LogP contribution in [0, 0.1) is 16.7 Å². The Morgan fingerprint density at radius 2 is 1.78 bits per heavy atom. The molecular formula is C23H27F3N4O2. The number of nitriles is 1. The van der Waals surface area contributed by atoms with Crippen molar-refractivity contribution >= 4 is 17.5 Å². The summed E-state index contributed by atoms with van der Waals surface area (Å²) in [6, 6.07) is 5.00. The predicted molar refractivity (Wildman–Crippen MR) is 112 cm³/mol. The van der Waals surface area contributed by atoms with Crippen LogP contribution in [0.5, 0.6) is 0 Å². The Hall–Kier alpha value is -2.76. The Morgan fingerprint density at radius 1 is 1.12 bits per heavy atom. The van der Waals surface area contributed by atoms with Gasteiger partial charge in [-0.3, -0.25) is 9.59 Å². The number of alkyl halides is 3. The number of hydrogen-bond donors (Lipinski definition) is 0. The molecule has 4 rings (SSSR count). The van der Waals surface area contributed by atoms with E-state index in [4.69, 9.17) is 5.26 Å². The molecule has 0 aliphatic carbocycles. The van der Waals surface area contributed by atoms with Crippen LogP contribution < -0.4 is 4.90 Å². The van der Waals surface area contributed by atoms with Crippen molar-refractivity contribution in [1.82, 2.24) is 9.80 Å². The van der Waals surface area contributed by atoms with Gasteiger partial charge in [-0.25, -0.2) is 0 Å². The number of likely N-dealkylation sites (tertiary alicyclic amines) is 2. The Morgan fingerprint density at radius 3 is 2.34 bits per heavy atom. The number of anilines is 1. The number of benzene rings is 1. The standard InChI is InChI=1S/C23H27F3N4O2/c1-16(31)30-15-22(13-20(30)21(32)29-8-2-3-9-29)6-10-28(11-7-22)18-5-4-17(14-27)19(12-18)23(24,25)26/h4-5,12,20H,2-3,6-11,13,15H2,1H3. The lowest BCUT2D eigenvalue weighted by Crippen LogP contribution is -2.46. The third-order valence-electron chi connectivity index (χ3n) is 7.23. The molecule has 0 aromatic heterocycles. The van der Waals surface area contributed by atoms with Crippen LogP contribution in [0.4, 0.5) is 18.9 Å². The minimum Gasteiger partial charge on any atom is -0.371 e. The molecule has 1 aromatic rings. The topological polar surface area (TPSA) is 67.6 Å². The molecule has 3 saturated heterocycles. The summed E-state index contributed by atoms with van der Waals surface area (Å²) in [6.45, 7) is 4.57. The molecule has 3 aliphatic rings. The van der Waals surface area contributed by atoms with Crippen LogP contribution in [0.2, 0.25) is 0 Å². The van der Waals surface area contributed by atoms with E-state index in [9.17, 15) is 22.8 Å². The van der Waals surface area contributed by atoms with E-state index in [1.54, 1.807) is 17.0 Å². The molecule has 9 heteroatoms. The molecule has 0 radical (unpaired) electrons. The summed E-state index contributed by atoms with van der Waals surface area (Å²) in [5.74, 6) is -0.0809. The lowest BCUT2D eigenvalue weighted by Gasteiger charge is -2.40. The van der Waals surface area contributed by atoms with E-state index in [-0.39, 0.29) is 22.8 Å². The van der Waals surface area contributed by atoms with Gasteiger partial charge in [-0.05, 0) is 55.7 Å². The first-order chi connectivity index (χ1) is 15.1. The van der Waals surface area contributed by atoms with Crippen molar-refractivity contribution in [1.29, 1.82) is 5.26 Å². The summed E-state index contributed by atoms with van der Waals surface area (Å²) in [5.41, 5.74) is -1.05. The van der Waals surface area contributed by atoms with Gasteiger partial charge >= 0.3 is 6.18 Å². The summed E-state index contributed by atoms with van der Waals surface area (Å²) in [4.78, 5) is 30.8. The van der Waals surface area contributed by atoms with Crippen LogP contribution in [0.3, 0.4) is 0 Å². The maximum absolute atomic E-state index is 13.3. The van der Waals surface area contributed by atoms with Gasteiger partial charge in [-0.2, -0.15) is 18.4 Å². The summed E-state index contributed by atoms with van der Waals surface area (Å²) in [5, 5.41) is 9.01. The Bertz CT molecular complexity index is 942. The quantitative estimate of drug-likeness (QED) is 0.696. The molecule has 1 aromatic carbocycles. The molecule has 3 fully saturated rings. The van der Waals surface area contributed by atoms with Crippen molar-refractivity contribution < 1.29 is 22.8 Å². The van der Waals surface area contributed by atoms with Gasteiger partial charge in [0, 0.05) is 45.3 Å². The van der Waals surface area contributed by atoms with E-state index >= 15 is 0 Å². The Labute approximate surface area is 185 Å². The van der Waals surface area contributed by atoms with E-state index in [0.717, 1.165) is 32.0 Å². The number of amides is 2. The van der Waals surface area contributed by atoms with Crippen molar-refractivity contribution in [3.63, 3.8) is 0 Å². The fourth-order valence-electron chi connectivity index (χ4n) is 5.42. The number of nitrogens with zero attached hydrogens (tertiary/aromatic N) is 4. The second-order valence-corrected chi connectivity index (χ2v) is 9.23. The molecule has 3 heterocycles. The number of piperidine rings is 1. The smallest absolute Gasteiger partial charge is 0.371 e. The van der Waals surface area contributed by atoms with Gasteiger partial charge in [-0.1, -0.05) is 0 Å². The number of halogens is 3. The number of carbonyl (C=O) groups is 2. The summed E-state index contributed by atoms with van der Waals surface area (Å²) in [6.07, 6.45) is -0.609. The van der Waals surface area contributed by atoms with Crippen molar-refractivity contribution in [2.45, 2.75) is 51.2 Å². The molecule has 1 spiro atoms. The summed E-state index contributed by atoms with van der Waals surface area (Å²) in [7, 11) is 0. The Kier molecular flexibility index (Phi) is 5.82. The molecule has 1 atom stereocenters. The third kappa shape index (κ3) is 4.15. The molecule has 6 nitrogen and oxygen atoms in total. The molecule has 2 amide bonds. The lowest BCUT2D eigenvalue weighted by molar-refractivity contribution is -0.142. The van der Waals surface area contributed by atoms with E-state index in [1.807, 2.05) is 9.80 Å². The highest BCUT2D eigenvalue weighted by molar-refractivity contribution is 5.88. The minimum absolute atomic E-state index is 0.0268. The Balaban J connectivity index is 1.49. The molecule has 0 bridgehead atoms. The van der Waals surface area contributed by atoms with Crippen LogP contribution in [0.1, 0.15) is 50.2 Å². The van der Waals surface area contributed by atoms with Crippen LogP contribution >= 0.6 is 0 Å². The van der Waals surface area contributed by atoms with E-state index in [2.05, 4.69) is 0 Å². The monoisotopic (exact) mass is 448 g/mol. The van der Waals surface area contributed by atoms with E-state index in [0.29, 0.717) is 44.6 Å². The molecule has 1 unspecified atom stereocenters. The van der Waals surface area contributed by atoms with Crippen LogP contribution in [-0.4, -0.2) is 60.4 Å². The molecule has 172 valence electrons. The zero-order valence-electron chi connectivity index (χ0n) is 18.1. The minimum atomic E-state index is -4.59. The van der Waals surface area contributed by atoms with Gasteiger partial charge in [-0.15, -0.1) is 0 Å². The van der Waals surface area contributed by atoms with Gasteiger partial charge in [0.25, 0.3) is 0 Å². The maximum Gasteiger partial charge on any atom is 0.417 e. The number of rotatable bonds is 2. The summed E-state index contributed by atoms with van der Waals surface area (Å²) < 4.78 is 40.0. The highest BCUT2D eigenvalue weighted by Crippen LogP contribution is 2.45. The van der Waals surface area contributed by atoms with Crippen LogP contribution in [-0.2, 0) is 15.8 Å². The zero-order chi connectivity index (χ0) is 23.1. The maximum atomic E-state index is 13.3. The average molecular weight is 448 g/mol. The fourth-order valence-corrected chi connectivity index (χ4v) is 5.42. The van der Waals surface area contributed by atoms with Crippen LogP contribution in [0.15, 0.2) is 18.2 Å². The summed E-state index contributed by atoms with van der Waals surface area (Å²) >= 11 is 0. The normalized spacial score (nSPS) is 23.0. The second kappa shape index (κ2) is 8.30. The van der Waals surface area contributed by atoms with Crippen molar-refractivity contribution in [3.05, 3.63) is 29.3 Å². The zero-order valence-corrected chi connectivity index (χ0v) is 18.1. The lowest BCUT2D eigenvalue weighted by atomic mass is 9.76. The second-order valence-electron chi connectivity index (χ2n) is 9.23. The van der Waals surface area contributed by atoms with Gasteiger partial charge < -0.3 is 14.7 Å². The highest BCUT2D eigenvalue weighted by atomic mass is 19.4. The first-order valence-electron chi connectivity index (χ1n) is 11.1. The molecular weight excluding hydrogens is 421 g/mol. The van der Waals surface area contributed by atoms with E-state index in [1.165, 1.54) is 13.0 Å². The molecule has 32 heavy (non-hydrogen) atoms. The van der Waals surface area contributed by atoms with Gasteiger partial charge in [0.1, 0.15) is 6.04 Å². The number of hydrogen-bond acceptors (Lipinski definition) is 4. The van der Waals surface area contributed by atoms with Crippen LogP contribution in [0.25, 0.3) is 0 Å². The predicted octanol–water partition coefficient (Wildman–Crippen LogP) is 3.41. The fraction of sp³-hybridized carbons (Fsp3) is 0.609. The largest absolute Gasteiger partial charge is 0.417 e. The average Bonchev–Trinajstić information content (AvgIpc) is 3.42. The first-order valence-corrected chi connectivity index (χ1v) is 11.1. The highest BCUT2D eigenvalue weighted by Gasteiger charge is 2.50. The molecule has 3 aliphatic heterocycles. The van der Waals surface area contributed by atoms with Crippen molar-refractivity contribution in [2.24, 2.45) is 5.41 Å². The van der Waals surface area contributed by atoms with Gasteiger partial charge in [0.15, 0.2) is 0 Å². The third-order valence-corrected chi connectivity index (χ3v) is 7.23. The SMILES string of the molecule is CC(=O)N1CC2(CCN(c3ccc(C#N)c(C(F)(F)F)c3)CC2)CC1C(=O)N1CCCC1. The molecule has 0 saturated carbocycles. The van der Waals surface area contributed by atoms with E-state index < -0.39 is 17.8 Å².